The molecule has 1 amide bonds. The van der Waals surface area contributed by atoms with Crippen molar-refractivity contribution in [2.24, 2.45) is 7.05 Å². The van der Waals surface area contributed by atoms with Crippen molar-refractivity contribution in [3.05, 3.63) is 41.1 Å². The van der Waals surface area contributed by atoms with Crippen LogP contribution >= 0.6 is 11.8 Å². The Morgan fingerprint density at radius 1 is 1.38 bits per heavy atom. The zero-order valence-electron chi connectivity index (χ0n) is 12.2. The van der Waals surface area contributed by atoms with Gasteiger partial charge in [0.2, 0.25) is 5.91 Å². The lowest BCUT2D eigenvalue weighted by Crippen LogP contribution is -2.15. The molecule has 0 spiro atoms. The fraction of sp³-hybridized carbons (Fsp3) is 0.333. The Morgan fingerprint density at radius 2 is 2.10 bits per heavy atom. The molecule has 0 saturated heterocycles. The van der Waals surface area contributed by atoms with E-state index in [0.29, 0.717) is 5.75 Å². The van der Waals surface area contributed by atoms with Gasteiger partial charge in [0, 0.05) is 12.6 Å². The van der Waals surface area contributed by atoms with Crippen molar-refractivity contribution < 1.29 is 9.53 Å². The summed E-state index contributed by atoms with van der Waals surface area (Å²) in [6, 6.07) is 7.98. The molecule has 1 aliphatic rings. The monoisotopic (exact) mass is 303 g/mol. The van der Waals surface area contributed by atoms with Crippen molar-refractivity contribution in [3.8, 4) is 5.75 Å². The maximum atomic E-state index is 11.9. The van der Waals surface area contributed by atoms with E-state index in [4.69, 9.17) is 4.74 Å². The predicted octanol–water partition coefficient (Wildman–Crippen LogP) is 2.51. The number of methoxy groups -OCH3 is 1. The fourth-order valence-corrected chi connectivity index (χ4v) is 3.78. The van der Waals surface area contributed by atoms with Gasteiger partial charge in [0.25, 0.3) is 0 Å². The van der Waals surface area contributed by atoms with Gasteiger partial charge in [-0.2, -0.15) is 5.10 Å². The summed E-state index contributed by atoms with van der Waals surface area (Å²) in [5, 5.41) is 7.49. The van der Waals surface area contributed by atoms with E-state index < -0.39 is 0 Å². The van der Waals surface area contributed by atoms with Gasteiger partial charge in [-0.1, -0.05) is 12.1 Å². The minimum Gasteiger partial charge on any atom is -0.497 e. The molecule has 1 aliphatic heterocycles. The summed E-state index contributed by atoms with van der Waals surface area (Å²) >= 11 is 1.62. The first-order valence-corrected chi connectivity index (χ1v) is 7.74. The minimum atomic E-state index is 0.0141. The zero-order chi connectivity index (χ0) is 15.0. The van der Waals surface area contributed by atoms with Gasteiger partial charge in [-0.15, -0.1) is 11.8 Å². The van der Waals surface area contributed by atoms with Crippen molar-refractivity contribution in [2.75, 3.05) is 18.2 Å². The minimum absolute atomic E-state index is 0.0141. The zero-order valence-corrected chi connectivity index (χ0v) is 13.0. The molecule has 6 heteroatoms. The van der Waals surface area contributed by atoms with E-state index in [1.165, 1.54) is 0 Å². The summed E-state index contributed by atoms with van der Waals surface area (Å²) < 4.78 is 6.95. The summed E-state index contributed by atoms with van der Waals surface area (Å²) in [5.74, 6) is 2.07. The van der Waals surface area contributed by atoms with Crippen LogP contribution in [0.15, 0.2) is 24.3 Å². The Bertz CT molecular complexity index is 679. The van der Waals surface area contributed by atoms with Crippen LogP contribution in [0, 0.1) is 6.92 Å². The standard InChI is InChI=1S/C15H17N3O2S/c1-9-13-14(10-4-6-11(20-3)7-5-10)21-8-12(19)16-15(13)18(2)17-9/h4-7,14H,8H2,1-3H3,(H,16,19). The molecule has 1 N–H and O–H groups in total. The average Bonchev–Trinajstić information content (AvgIpc) is 2.66. The molecular weight excluding hydrogens is 286 g/mol. The lowest BCUT2D eigenvalue weighted by molar-refractivity contribution is -0.113. The van der Waals surface area contributed by atoms with Crippen LogP contribution in [0.2, 0.25) is 0 Å². The van der Waals surface area contributed by atoms with Gasteiger partial charge >= 0.3 is 0 Å². The average molecular weight is 303 g/mol. The smallest absolute Gasteiger partial charge is 0.235 e. The summed E-state index contributed by atoms with van der Waals surface area (Å²) in [6.07, 6.45) is 0. The number of carbonyl (C=O) groups is 1. The Morgan fingerprint density at radius 3 is 2.76 bits per heavy atom. The molecule has 110 valence electrons. The molecule has 0 bridgehead atoms. The molecule has 1 unspecified atom stereocenters. The summed E-state index contributed by atoms with van der Waals surface area (Å²) in [5.41, 5.74) is 3.18. The van der Waals surface area contributed by atoms with Gasteiger partial charge in [-0.25, -0.2) is 0 Å². The van der Waals surface area contributed by atoms with Gasteiger partial charge in [-0.3, -0.25) is 9.48 Å². The van der Waals surface area contributed by atoms with E-state index in [2.05, 4.69) is 10.4 Å². The number of amides is 1. The van der Waals surface area contributed by atoms with Crippen LogP contribution in [-0.2, 0) is 11.8 Å². The highest BCUT2D eigenvalue weighted by Crippen LogP contribution is 2.43. The van der Waals surface area contributed by atoms with Crippen molar-refractivity contribution in [2.45, 2.75) is 12.2 Å². The van der Waals surface area contributed by atoms with E-state index in [9.17, 15) is 4.79 Å². The van der Waals surface area contributed by atoms with Crippen LogP contribution in [0.3, 0.4) is 0 Å². The lowest BCUT2D eigenvalue weighted by Gasteiger charge is -2.15. The molecule has 0 radical (unpaired) electrons. The number of fused-ring (bicyclic) bond motifs is 1. The third kappa shape index (κ3) is 2.51. The number of thioether (sulfide) groups is 1. The molecule has 3 rings (SSSR count). The van der Waals surface area contributed by atoms with E-state index in [-0.39, 0.29) is 11.2 Å². The van der Waals surface area contributed by atoms with Crippen LogP contribution in [0.5, 0.6) is 5.75 Å². The van der Waals surface area contributed by atoms with E-state index in [0.717, 1.165) is 28.4 Å². The number of nitrogens with one attached hydrogen (secondary N) is 1. The van der Waals surface area contributed by atoms with Gasteiger partial charge < -0.3 is 10.1 Å². The summed E-state index contributed by atoms with van der Waals surface area (Å²) in [6.45, 7) is 1.98. The topological polar surface area (TPSA) is 56.1 Å². The number of rotatable bonds is 2. The van der Waals surface area contributed by atoms with Crippen LogP contribution in [-0.4, -0.2) is 28.6 Å². The molecule has 1 atom stereocenters. The summed E-state index contributed by atoms with van der Waals surface area (Å²) in [7, 11) is 3.51. The summed E-state index contributed by atoms with van der Waals surface area (Å²) in [4.78, 5) is 11.9. The second-order valence-electron chi connectivity index (χ2n) is 4.98. The number of nitrogens with zero attached hydrogens (tertiary/aromatic N) is 2. The number of carbonyl (C=O) groups excluding carboxylic acids is 1. The van der Waals surface area contributed by atoms with Crippen LogP contribution in [0.4, 0.5) is 5.82 Å². The SMILES string of the molecule is COc1ccc(C2SCC(=O)Nc3c2c(C)nn3C)cc1. The molecule has 1 aromatic heterocycles. The van der Waals surface area contributed by atoms with Crippen LogP contribution in [0.25, 0.3) is 0 Å². The Labute approximate surface area is 127 Å². The van der Waals surface area contributed by atoms with Crippen LogP contribution < -0.4 is 10.1 Å². The predicted molar refractivity (Wildman–Crippen MR) is 83.9 cm³/mol. The molecule has 5 nitrogen and oxygen atoms in total. The molecule has 1 aromatic carbocycles. The van der Waals surface area contributed by atoms with Crippen LogP contribution in [0.1, 0.15) is 22.1 Å². The lowest BCUT2D eigenvalue weighted by atomic mass is 10.0. The highest BCUT2D eigenvalue weighted by Gasteiger charge is 2.29. The normalized spacial score (nSPS) is 17.9. The highest BCUT2D eigenvalue weighted by molar-refractivity contribution is 8.00. The second-order valence-corrected chi connectivity index (χ2v) is 6.08. The Balaban J connectivity index is 2.07. The van der Waals surface area contributed by atoms with Gasteiger partial charge in [0.15, 0.2) is 0 Å². The third-order valence-electron chi connectivity index (χ3n) is 3.59. The van der Waals surface area contributed by atoms with Gasteiger partial charge in [0.1, 0.15) is 11.6 Å². The molecule has 0 saturated carbocycles. The first-order valence-electron chi connectivity index (χ1n) is 6.69. The third-order valence-corrected chi connectivity index (χ3v) is 4.86. The molecule has 0 fully saturated rings. The van der Waals surface area contributed by atoms with Gasteiger partial charge in [-0.05, 0) is 24.6 Å². The second kappa shape index (κ2) is 5.44. The molecule has 21 heavy (non-hydrogen) atoms. The first kappa shape index (κ1) is 14.0. The van der Waals surface area contributed by atoms with E-state index in [1.807, 2.05) is 38.2 Å². The Hall–Kier alpha value is -1.95. The first-order chi connectivity index (χ1) is 10.1. The number of aromatic nitrogens is 2. The number of aryl methyl sites for hydroxylation is 2. The highest BCUT2D eigenvalue weighted by atomic mass is 32.2. The van der Waals surface area contributed by atoms with E-state index >= 15 is 0 Å². The maximum Gasteiger partial charge on any atom is 0.235 e. The molecule has 2 aromatic rings. The number of ether oxygens (including phenoxy) is 1. The largest absolute Gasteiger partial charge is 0.497 e. The van der Waals surface area contributed by atoms with Crippen molar-refractivity contribution in [3.63, 3.8) is 0 Å². The van der Waals surface area contributed by atoms with Gasteiger partial charge in [0.05, 0.1) is 23.8 Å². The molecule has 2 heterocycles. The quantitative estimate of drug-likeness (QED) is 0.926. The van der Waals surface area contributed by atoms with Crippen molar-refractivity contribution in [1.82, 2.24) is 9.78 Å². The van der Waals surface area contributed by atoms with E-state index in [1.54, 1.807) is 23.6 Å². The number of hydrogen-bond acceptors (Lipinski definition) is 4. The van der Waals surface area contributed by atoms with Crippen molar-refractivity contribution in [1.29, 1.82) is 0 Å². The molecular formula is C15H17N3O2S. The molecule has 0 aliphatic carbocycles. The number of benzene rings is 1. The maximum absolute atomic E-state index is 11.9. The fourth-order valence-electron chi connectivity index (χ4n) is 2.59. The number of hydrogen-bond donors (Lipinski definition) is 1. The van der Waals surface area contributed by atoms with Crippen molar-refractivity contribution >= 4 is 23.5 Å². The number of anilines is 1. The Kier molecular flexibility index (Phi) is 3.63.